The molecule has 0 saturated heterocycles. The fraction of sp³-hybridized carbons (Fsp3) is 0.308. The first-order valence-corrected chi connectivity index (χ1v) is 7.15. The number of nitrogens with zero attached hydrogens (tertiary/aromatic N) is 3. The van der Waals surface area contributed by atoms with E-state index in [4.69, 9.17) is 0 Å². The number of anilines is 1. The molecule has 100 valence electrons. The quantitative estimate of drug-likeness (QED) is 0.861. The van der Waals surface area contributed by atoms with Crippen LogP contribution in [0.4, 0.5) is 5.69 Å². The summed E-state index contributed by atoms with van der Waals surface area (Å²) in [6.07, 6.45) is 6.57. The maximum atomic E-state index is 11.6. The van der Waals surface area contributed by atoms with Crippen LogP contribution in [0.15, 0.2) is 30.7 Å². The lowest BCUT2D eigenvalue weighted by molar-refractivity contribution is -0.116. The Labute approximate surface area is 120 Å². The van der Waals surface area contributed by atoms with Crippen LogP contribution in [0.25, 0.3) is 5.82 Å². The van der Waals surface area contributed by atoms with Gasteiger partial charge in [-0.25, -0.2) is 9.97 Å². The van der Waals surface area contributed by atoms with Gasteiger partial charge in [-0.3, -0.25) is 9.36 Å². The molecule has 0 aliphatic rings. The van der Waals surface area contributed by atoms with Crippen molar-refractivity contribution < 1.29 is 4.79 Å². The number of hydrogen-bond donors (Lipinski definition) is 1. The van der Waals surface area contributed by atoms with Crippen molar-refractivity contribution in [3.63, 3.8) is 0 Å². The highest BCUT2D eigenvalue weighted by Gasteiger charge is 2.04. The van der Waals surface area contributed by atoms with Crippen molar-refractivity contribution in [3.8, 4) is 5.82 Å². The van der Waals surface area contributed by atoms with Crippen LogP contribution in [0, 0.1) is 6.92 Å². The van der Waals surface area contributed by atoms with Crippen molar-refractivity contribution in [2.75, 3.05) is 10.6 Å². The number of carbonyl (C=O) groups is 1. The van der Waals surface area contributed by atoms with Gasteiger partial charge in [0.1, 0.15) is 11.6 Å². The summed E-state index contributed by atoms with van der Waals surface area (Å²) >= 11 is 3.30. The van der Waals surface area contributed by atoms with Gasteiger partial charge in [0.2, 0.25) is 5.91 Å². The molecule has 0 bridgehead atoms. The monoisotopic (exact) mass is 322 g/mol. The van der Waals surface area contributed by atoms with Gasteiger partial charge >= 0.3 is 0 Å². The van der Waals surface area contributed by atoms with E-state index in [0.717, 1.165) is 23.4 Å². The van der Waals surface area contributed by atoms with Crippen LogP contribution in [0.3, 0.4) is 0 Å². The number of aromatic nitrogens is 3. The Morgan fingerprint density at radius 3 is 2.84 bits per heavy atom. The van der Waals surface area contributed by atoms with Crippen molar-refractivity contribution in [1.82, 2.24) is 14.5 Å². The summed E-state index contributed by atoms with van der Waals surface area (Å²) in [6.45, 7) is 1.91. The van der Waals surface area contributed by atoms with Crippen molar-refractivity contribution >= 4 is 27.5 Å². The molecule has 2 aromatic rings. The Morgan fingerprint density at radius 1 is 1.42 bits per heavy atom. The molecule has 5 nitrogen and oxygen atoms in total. The van der Waals surface area contributed by atoms with Crippen LogP contribution >= 0.6 is 15.9 Å². The molecule has 0 unspecified atom stereocenters. The van der Waals surface area contributed by atoms with Crippen molar-refractivity contribution in [1.29, 1.82) is 0 Å². The van der Waals surface area contributed by atoms with Gasteiger partial charge in [-0.1, -0.05) is 15.9 Å². The number of pyridine rings is 1. The molecule has 0 aliphatic heterocycles. The van der Waals surface area contributed by atoms with Crippen LogP contribution in [-0.4, -0.2) is 25.8 Å². The SMILES string of the molecule is Cc1nccn1-c1ccc(NC(=O)CCCBr)cn1. The van der Waals surface area contributed by atoms with Crippen LogP contribution in [0.1, 0.15) is 18.7 Å². The van der Waals surface area contributed by atoms with Gasteiger partial charge < -0.3 is 5.32 Å². The maximum Gasteiger partial charge on any atom is 0.224 e. The molecule has 0 atom stereocenters. The van der Waals surface area contributed by atoms with E-state index in [0.29, 0.717) is 12.1 Å². The van der Waals surface area contributed by atoms with Crippen LogP contribution in [0.2, 0.25) is 0 Å². The molecule has 2 heterocycles. The summed E-state index contributed by atoms with van der Waals surface area (Å²) in [5.41, 5.74) is 0.709. The molecule has 19 heavy (non-hydrogen) atoms. The summed E-state index contributed by atoms with van der Waals surface area (Å²) in [7, 11) is 0. The van der Waals surface area contributed by atoms with Gasteiger partial charge in [-0.05, 0) is 25.5 Å². The first-order chi connectivity index (χ1) is 9.20. The Bertz CT molecular complexity index is 550. The van der Waals surface area contributed by atoms with E-state index in [-0.39, 0.29) is 5.91 Å². The lowest BCUT2D eigenvalue weighted by Crippen LogP contribution is -2.11. The summed E-state index contributed by atoms with van der Waals surface area (Å²) in [6, 6.07) is 3.70. The Kier molecular flexibility index (Phi) is 4.68. The number of amides is 1. The second kappa shape index (κ2) is 6.47. The minimum atomic E-state index is 0.00723. The highest BCUT2D eigenvalue weighted by molar-refractivity contribution is 9.09. The Morgan fingerprint density at radius 2 is 2.26 bits per heavy atom. The van der Waals surface area contributed by atoms with Gasteiger partial charge in [-0.15, -0.1) is 0 Å². The highest BCUT2D eigenvalue weighted by Crippen LogP contribution is 2.11. The van der Waals surface area contributed by atoms with Gasteiger partial charge in [-0.2, -0.15) is 0 Å². The fourth-order valence-corrected chi connectivity index (χ4v) is 1.95. The predicted octanol–water partition coefficient (Wildman–Crippen LogP) is 2.69. The lowest BCUT2D eigenvalue weighted by atomic mass is 10.3. The zero-order chi connectivity index (χ0) is 13.7. The molecule has 0 aromatic carbocycles. The van der Waals surface area contributed by atoms with Gasteiger partial charge in [0.25, 0.3) is 0 Å². The largest absolute Gasteiger partial charge is 0.325 e. The summed E-state index contributed by atoms with van der Waals surface area (Å²) < 4.78 is 1.89. The first kappa shape index (κ1) is 13.7. The Hall–Kier alpha value is -1.69. The molecule has 0 aliphatic carbocycles. The third-order valence-electron chi connectivity index (χ3n) is 2.64. The van der Waals surface area contributed by atoms with E-state index < -0.39 is 0 Å². The maximum absolute atomic E-state index is 11.6. The van der Waals surface area contributed by atoms with Gasteiger partial charge in [0.15, 0.2) is 0 Å². The smallest absolute Gasteiger partial charge is 0.224 e. The minimum absolute atomic E-state index is 0.00723. The second-order valence-corrected chi connectivity index (χ2v) is 4.88. The molecule has 0 saturated carbocycles. The molecule has 0 radical (unpaired) electrons. The number of imidazole rings is 1. The third kappa shape index (κ3) is 3.64. The molecule has 6 heteroatoms. The van der Waals surface area contributed by atoms with Gasteiger partial charge in [0, 0.05) is 24.1 Å². The average molecular weight is 323 g/mol. The van der Waals surface area contributed by atoms with Crippen LogP contribution < -0.4 is 5.32 Å². The van der Waals surface area contributed by atoms with E-state index in [9.17, 15) is 4.79 Å². The average Bonchev–Trinajstić information content (AvgIpc) is 2.83. The molecule has 1 amide bonds. The van der Waals surface area contributed by atoms with Crippen LogP contribution in [0.5, 0.6) is 0 Å². The topological polar surface area (TPSA) is 59.8 Å². The third-order valence-corrected chi connectivity index (χ3v) is 3.20. The van der Waals surface area contributed by atoms with Crippen molar-refractivity contribution in [3.05, 3.63) is 36.5 Å². The molecule has 2 rings (SSSR count). The molecule has 0 fully saturated rings. The van der Waals surface area contributed by atoms with E-state index >= 15 is 0 Å². The number of nitrogens with one attached hydrogen (secondary N) is 1. The highest BCUT2D eigenvalue weighted by atomic mass is 79.9. The molecule has 1 N–H and O–H groups in total. The summed E-state index contributed by atoms with van der Waals surface area (Å²) in [5, 5.41) is 3.65. The number of carbonyl (C=O) groups excluding carboxylic acids is 1. The zero-order valence-electron chi connectivity index (χ0n) is 10.6. The van der Waals surface area contributed by atoms with Crippen LogP contribution in [-0.2, 0) is 4.79 Å². The number of hydrogen-bond acceptors (Lipinski definition) is 3. The standard InChI is InChI=1S/C13H15BrN4O/c1-10-15-7-8-18(10)12-5-4-11(9-16-12)17-13(19)3-2-6-14/h4-5,7-9H,2-3,6H2,1H3,(H,17,19). The zero-order valence-corrected chi connectivity index (χ0v) is 12.2. The summed E-state index contributed by atoms with van der Waals surface area (Å²) in [4.78, 5) is 20.0. The second-order valence-electron chi connectivity index (χ2n) is 4.09. The lowest BCUT2D eigenvalue weighted by Gasteiger charge is -2.07. The Balaban J connectivity index is 2.03. The number of alkyl halides is 1. The van der Waals surface area contributed by atoms with Gasteiger partial charge in [0.05, 0.1) is 11.9 Å². The molecular weight excluding hydrogens is 308 g/mol. The fourth-order valence-electron chi connectivity index (χ4n) is 1.67. The van der Waals surface area contributed by atoms with E-state index in [2.05, 4.69) is 31.2 Å². The first-order valence-electron chi connectivity index (χ1n) is 6.03. The molecular formula is C13H15BrN4O. The molecule has 0 spiro atoms. The number of aryl methyl sites for hydroxylation is 1. The predicted molar refractivity (Wildman–Crippen MR) is 77.8 cm³/mol. The van der Waals surface area contributed by atoms with Crippen molar-refractivity contribution in [2.24, 2.45) is 0 Å². The normalized spacial score (nSPS) is 10.4. The minimum Gasteiger partial charge on any atom is -0.325 e. The van der Waals surface area contributed by atoms with E-state index in [1.54, 1.807) is 12.4 Å². The van der Waals surface area contributed by atoms with E-state index in [1.807, 2.05) is 29.8 Å². The number of halogens is 1. The van der Waals surface area contributed by atoms with E-state index in [1.165, 1.54) is 0 Å². The number of rotatable bonds is 5. The van der Waals surface area contributed by atoms with Crippen molar-refractivity contribution in [2.45, 2.75) is 19.8 Å². The summed E-state index contributed by atoms with van der Waals surface area (Å²) in [5.74, 6) is 1.67. The molecule has 2 aromatic heterocycles.